The molecule has 1 aromatic heterocycles. The van der Waals surface area contributed by atoms with Crippen LogP contribution in [0.15, 0.2) is 83.9 Å². The van der Waals surface area contributed by atoms with Crippen LogP contribution in [0.1, 0.15) is 33.0 Å². The molecule has 6 nitrogen and oxygen atoms in total. The van der Waals surface area contributed by atoms with E-state index in [0.717, 1.165) is 22.0 Å². The zero-order valence-corrected chi connectivity index (χ0v) is 18.7. The second-order valence-corrected chi connectivity index (χ2v) is 9.53. The molecule has 4 rings (SSSR count). The Morgan fingerprint density at radius 2 is 1.72 bits per heavy atom. The number of sulfonamides is 1. The molecule has 0 saturated carbocycles. The van der Waals surface area contributed by atoms with Crippen LogP contribution in [0.25, 0.3) is 10.9 Å². The van der Waals surface area contributed by atoms with Crippen LogP contribution in [0.4, 0.5) is 0 Å². The standard InChI is InChI=1S/C25H25N3O3S/c1-17-12-13-19(32(30,31)26-2)14-21(17)25(29)28-15-22(18-8-4-3-5-9-18)23-16-27-24-11-7-6-10-20(23)24/h3-14,16,22,26-27H,15H2,1-2H3,(H,28,29). The largest absolute Gasteiger partial charge is 0.361 e. The third-order valence-electron chi connectivity index (χ3n) is 5.70. The van der Waals surface area contributed by atoms with E-state index in [4.69, 9.17) is 0 Å². The Balaban J connectivity index is 1.65. The average Bonchev–Trinajstić information content (AvgIpc) is 3.24. The van der Waals surface area contributed by atoms with E-state index in [1.54, 1.807) is 13.0 Å². The number of fused-ring (bicyclic) bond motifs is 1. The molecule has 3 aromatic carbocycles. The highest BCUT2D eigenvalue weighted by atomic mass is 32.2. The van der Waals surface area contributed by atoms with Gasteiger partial charge in [0.25, 0.3) is 5.91 Å². The summed E-state index contributed by atoms with van der Waals surface area (Å²) in [6.45, 7) is 2.16. The van der Waals surface area contributed by atoms with Crippen LogP contribution in [0.5, 0.6) is 0 Å². The first-order valence-corrected chi connectivity index (χ1v) is 11.8. The highest BCUT2D eigenvalue weighted by Crippen LogP contribution is 2.30. The molecule has 0 aliphatic heterocycles. The van der Waals surface area contributed by atoms with Crippen LogP contribution < -0.4 is 10.0 Å². The molecule has 1 atom stereocenters. The summed E-state index contributed by atoms with van der Waals surface area (Å²) in [6.07, 6.45) is 1.99. The van der Waals surface area contributed by atoms with E-state index in [1.165, 1.54) is 19.2 Å². The summed E-state index contributed by atoms with van der Waals surface area (Å²) in [5, 5.41) is 4.13. The van der Waals surface area contributed by atoms with Gasteiger partial charge >= 0.3 is 0 Å². The fraction of sp³-hybridized carbons (Fsp3) is 0.160. The van der Waals surface area contributed by atoms with Crippen molar-refractivity contribution in [3.8, 4) is 0 Å². The topological polar surface area (TPSA) is 91.1 Å². The fourth-order valence-corrected chi connectivity index (χ4v) is 4.65. The van der Waals surface area contributed by atoms with Crippen molar-refractivity contribution >= 4 is 26.8 Å². The molecule has 32 heavy (non-hydrogen) atoms. The molecular formula is C25H25N3O3S. The van der Waals surface area contributed by atoms with Crippen molar-refractivity contribution in [2.45, 2.75) is 17.7 Å². The molecule has 0 aliphatic rings. The van der Waals surface area contributed by atoms with Gasteiger partial charge in [-0.15, -0.1) is 0 Å². The number of amides is 1. The van der Waals surface area contributed by atoms with E-state index in [1.807, 2.05) is 54.7 Å². The van der Waals surface area contributed by atoms with Gasteiger partial charge in [0.05, 0.1) is 4.90 Å². The van der Waals surface area contributed by atoms with Crippen molar-refractivity contribution in [1.29, 1.82) is 0 Å². The highest BCUT2D eigenvalue weighted by Gasteiger charge is 2.21. The lowest BCUT2D eigenvalue weighted by Crippen LogP contribution is -2.30. The van der Waals surface area contributed by atoms with Gasteiger partial charge in [0, 0.05) is 35.1 Å². The van der Waals surface area contributed by atoms with Crippen LogP contribution in [0, 0.1) is 6.92 Å². The maximum atomic E-state index is 13.1. The number of para-hydroxylation sites is 1. The lowest BCUT2D eigenvalue weighted by Gasteiger charge is -2.19. The van der Waals surface area contributed by atoms with Gasteiger partial charge < -0.3 is 10.3 Å². The Labute approximate surface area is 187 Å². The zero-order valence-electron chi connectivity index (χ0n) is 17.9. The van der Waals surface area contributed by atoms with Crippen molar-refractivity contribution in [1.82, 2.24) is 15.0 Å². The summed E-state index contributed by atoms with van der Waals surface area (Å²) in [4.78, 5) is 16.4. The molecule has 7 heteroatoms. The van der Waals surface area contributed by atoms with E-state index in [2.05, 4.69) is 21.1 Å². The fourth-order valence-electron chi connectivity index (χ4n) is 3.90. The molecule has 0 aliphatic carbocycles. The number of aromatic nitrogens is 1. The molecule has 1 unspecified atom stereocenters. The maximum Gasteiger partial charge on any atom is 0.251 e. The highest BCUT2D eigenvalue weighted by molar-refractivity contribution is 7.89. The minimum Gasteiger partial charge on any atom is -0.361 e. The predicted octanol–water partition coefficient (Wildman–Crippen LogP) is 3.95. The van der Waals surface area contributed by atoms with Crippen molar-refractivity contribution < 1.29 is 13.2 Å². The number of benzene rings is 3. The van der Waals surface area contributed by atoms with Crippen molar-refractivity contribution in [3.63, 3.8) is 0 Å². The minimum atomic E-state index is -3.64. The summed E-state index contributed by atoms with van der Waals surface area (Å²) in [6, 6.07) is 22.6. The summed E-state index contributed by atoms with van der Waals surface area (Å²) < 4.78 is 26.6. The first-order chi connectivity index (χ1) is 15.4. The number of carbonyl (C=O) groups is 1. The Bertz CT molecular complexity index is 1360. The normalized spacial score (nSPS) is 12.6. The van der Waals surface area contributed by atoms with Gasteiger partial charge in [-0.1, -0.05) is 54.6 Å². The van der Waals surface area contributed by atoms with Crippen LogP contribution in [0.2, 0.25) is 0 Å². The molecule has 1 amide bonds. The van der Waals surface area contributed by atoms with Crippen LogP contribution in [0.3, 0.4) is 0 Å². The van der Waals surface area contributed by atoms with E-state index < -0.39 is 10.0 Å². The molecular weight excluding hydrogens is 422 g/mol. The number of H-pyrrole nitrogens is 1. The summed E-state index contributed by atoms with van der Waals surface area (Å²) in [7, 11) is -2.29. The molecule has 4 aromatic rings. The summed E-state index contributed by atoms with van der Waals surface area (Å²) >= 11 is 0. The summed E-state index contributed by atoms with van der Waals surface area (Å²) in [5.41, 5.74) is 4.26. The van der Waals surface area contributed by atoms with Crippen molar-refractivity contribution in [3.05, 3.63) is 101 Å². The van der Waals surface area contributed by atoms with Gasteiger partial charge in [-0.3, -0.25) is 4.79 Å². The number of aryl methyl sites for hydroxylation is 1. The lowest BCUT2D eigenvalue weighted by atomic mass is 9.91. The molecule has 0 saturated heterocycles. The second-order valence-electron chi connectivity index (χ2n) is 7.65. The van der Waals surface area contributed by atoms with Crippen LogP contribution in [-0.4, -0.2) is 32.9 Å². The molecule has 1 heterocycles. The number of aromatic amines is 1. The van der Waals surface area contributed by atoms with E-state index >= 15 is 0 Å². The van der Waals surface area contributed by atoms with Crippen LogP contribution in [-0.2, 0) is 10.0 Å². The quantitative estimate of drug-likeness (QED) is 0.401. The van der Waals surface area contributed by atoms with Gasteiger partial charge in [0.15, 0.2) is 0 Å². The Hall–Kier alpha value is -3.42. The number of carbonyl (C=O) groups excluding carboxylic acids is 1. The average molecular weight is 448 g/mol. The third-order valence-corrected chi connectivity index (χ3v) is 7.11. The zero-order chi connectivity index (χ0) is 22.7. The smallest absolute Gasteiger partial charge is 0.251 e. The second kappa shape index (κ2) is 8.98. The number of hydrogen-bond donors (Lipinski definition) is 3. The van der Waals surface area contributed by atoms with Crippen molar-refractivity contribution in [2.75, 3.05) is 13.6 Å². The van der Waals surface area contributed by atoms with Gasteiger partial charge in [-0.2, -0.15) is 0 Å². The van der Waals surface area contributed by atoms with E-state index in [9.17, 15) is 13.2 Å². The molecule has 164 valence electrons. The monoisotopic (exact) mass is 447 g/mol. The maximum absolute atomic E-state index is 13.1. The van der Waals surface area contributed by atoms with E-state index in [0.29, 0.717) is 17.7 Å². The Morgan fingerprint density at radius 3 is 2.47 bits per heavy atom. The first kappa shape index (κ1) is 21.8. The Morgan fingerprint density at radius 1 is 1.00 bits per heavy atom. The molecule has 0 bridgehead atoms. The van der Waals surface area contributed by atoms with Crippen LogP contribution >= 0.6 is 0 Å². The van der Waals surface area contributed by atoms with Crippen molar-refractivity contribution in [2.24, 2.45) is 0 Å². The van der Waals surface area contributed by atoms with Gasteiger partial charge in [0.1, 0.15) is 0 Å². The number of nitrogens with one attached hydrogen (secondary N) is 3. The number of rotatable bonds is 7. The minimum absolute atomic E-state index is 0.0620. The van der Waals surface area contributed by atoms with Gasteiger partial charge in [-0.05, 0) is 48.9 Å². The Kier molecular flexibility index (Phi) is 6.12. The third kappa shape index (κ3) is 4.30. The first-order valence-electron chi connectivity index (χ1n) is 10.3. The molecule has 0 fully saturated rings. The molecule has 0 spiro atoms. The SMILES string of the molecule is CNS(=O)(=O)c1ccc(C)c(C(=O)NCC(c2ccccc2)c2c[nH]c3ccccc23)c1. The van der Waals surface area contributed by atoms with E-state index in [-0.39, 0.29) is 16.7 Å². The number of hydrogen-bond acceptors (Lipinski definition) is 3. The molecule has 0 radical (unpaired) electrons. The summed E-state index contributed by atoms with van der Waals surface area (Å²) in [5.74, 6) is -0.378. The predicted molar refractivity (Wildman–Crippen MR) is 126 cm³/mol. The van der Waals surface area contributed by atoms with Gasteiger partial charge in [0.2, 0.25) is 10.0 Å². The van der Waals surface area contributed by atoms with Gasteiger partial charge in [-0.25, -0.2) is 13.1 Å². The lowest BCUT2D eigenvalue weighted by molar-refractivity contribution is 0.0951. The molecule has 3 N–H and O–H groups in total.